The summed E-state index contributed by atoms with van der Waals surface area (Å²) < 4.78 is 64.5. The third-order valence-electron chi connectivity index (χ3n) is 14.9. The molecule has 0 saturated carbocycles. The van der Waals surface area contributed by atoms with E-state index in [1.165, 1.54) is 6.92 Å². The van der Waals surface area contributed by atoms with E-state index in [9.17, 15) is 19.9 Å². The highest BCUT2D eigenvalue weighted by Crippen LogP contribution is 2.46. The van der Waals surface area contributed by atoms with E-state index in [1.807, 2.05) is 39.0 Å². The van der Waals surface area contributed by atoms with E-state index in [2.05, 4.69) is 50.3 Å². The average Bonchev–Trinajstić information content (AvgIpc) is 3.61. The van der Waals surface area contributed by atoms with Crippen LogP contribution in [0.15, 0.2) is 64.4 Å². The second-order valence-electron chi connectivity index (χ2n) is 19.6. The molecule has 66 heavy (non-hydrogen) atoms. The Kier molecular flexibility index (Phi) is 16.2. The summed E-state index contributed by atoms with van der Waals surface area (Å²) in [5.41, 5.74) is 0.180. The maximum Gasteiger partial charge on any atom is 0.316 e. The Bertz CT molecular complexity index is 1930. The van der Waals surface area contributed by atoms with Crippen molar-refractivity contribution in [2.45, 2.75) is 192 Å². The van der Waals surface area contributed by atoms with Gasteiger partial charge in [0.05, 0.1) is 55.4 Å². The van der Waals surface area contributed by atoms with E-state index in [1.54, 1.807) is 33.3 Å². The molecule has 3 N–H and O–H groups in total. The minimum absolute atomic E-state index is 0.00120. The molecule has 16 heteroatoms. The fourth-order valence-corrected chi connectivity index (χ4v) is 11.0. The van der Waals surface area contributed by atoms with Crippen LogP contribution in [-0.2, 0) is 57.0 Å². The second kappa shape index (κ2) is 21.1. The molecule has 7 aliphatic rings. The van der Waals surface area contributed by atoms with Gasteiger partial charge in [-0.1, -0.05) is 75.7 Å². The highest BCUT2D eigenvalue weighted by molar-refractivity contribution is 6.07. The largest absolute Gasteiger partial charge is 0.462 e. The molecule has 6 aliphatic heterocycles. The Morgan fingerprint density at radius 3 is 2.38 bits per heavy atom. The van der Waals surface area contributed by atoms with Crippen LogP contribution in [0.25, 0.3) is 0 Å². The first kappa shape index (κ1) is 50.6. The zero-order valence-electron chi connectivity index (χ0n) is 40.5. The number of hydrogen-bond donors (Lipinski definition) is 3. The number of carbonyl (C=O) groups is 2. The number of aliphatic hydroxyl groups is 1. The number of amides is 1. The number of nitrogens with one attached hydrogen (secondary N) is 1. The molecular formula is C50H74N2O14. The van der Waals surface area contributed by atoms with Gasteiger partial charge in [0.1, 0.15) is 35.5 Å². The van der Waals surface area contributed by atoms with Crippen LogP contribution in [0.3, 0.4) is 0 Å². The average molecular weight is 927 g/mol. The molecule has 0 unspecified atom stereocenters. The van der Waals surface area contributed by atoms with Gasteiger partial charge >= 0.3 is 5.97 Å². The summed E-state index contributed by atoms with van der Waals surface area (Å²) in [5, 5.41) is 29.1. The lowest BCUT2D eigenvalue weighted by atomic mass is 9.71. The lowest BCUT2D eigenvalue weighted by molar-refractivity contribution is -0.311. The molecule has 0 aromatic heterocycles. The number of allylic oxidation sites excluding steroid dienone is 2. The van der Waals surface area contributed by atoms with Crippen LogP contribution >= 0.6 is 0 Å². The van der Waals surface area contributed by atoms with Gasteiger partial charge < -0.3 is 63.0 Å². The number of carbonyl (C=O) groups excluding carboxylic acids is 2. The molecule has 16 nitrogen and oxygen atoms in total. The summed E-state index contributed by atoms with van der Waals surface area (Å²) in [5.74, 6) is -2.85. The number of fused-ring (bicyclic) bond motifs is 2. The fourth-order valence-electron chi connectivity index (χ4n) is 11.0. The first-order chi connectivity index (χ1) is 31.4. The van der Waals surface area contributed by atoms with Crippen molar-refractivity contribution in [3.8, 4) is 0 Å². The fraction of sp³-hybridized carbons (Fsp3) is 0.740. The molecular weight excluding hydrogens is 853 g/mol. The number of hydrogen-bond acceptors (Lipinski definition) is 15. The standard InChI is InChI=1S/C50H74N2O14/c1-12-26(2)45-29(5)18-19-49(66-45)24-36-21-35(65-49)17-16-28(4)44(27(3)14-13-15-34-25-59-47-42(52-56)30(6)20-37(48(54)62-36)50(34,47)55)63-41-23-39(58-11)46(32(8)61-41)64-40-22-38(57-10)43(31(7)60-40)51-33(9)53/h13-16,18-20,26-27,29,31-32,35-41,43-47,55-56H,12,17,21-25H2,1-11H3,(H,51,53)/b14-13-,28-16-,34-15?,52-42+/t26-,27-,29-,31-,32-,35+,36-,37-,38-,39-,40-,41-,43+,44-,45+,46-,47+,49+,50+/m0/s1. The molecule has 4 fully saturated rings. The van der Waals surface area contributed by atoms with E-state index in [4.69, 9.17) is 47.4 Å². The van der Waals surface area contributed by atoms with Gasteiger partial charge in [-0.3, -0.25) is 9.59 Å². The molecule has 2 bridgehead atoms. The molecule has 19 atom stereocenters. The minimum atomic E-state index is -1.88. The van der Waals surface area contributed by atoms with Crippen molar-refractivity contribution < 1.29 is 67.3 Å². The van der Waals surface area contributed by atoms with Crippen molar-refractivity contribution in [2.75, 3.05) is 20.8 Å². The second-order valence-corrected chi connectivity index (χ2v) is 19.6. The van der Waals surface area contributed by atoms with Gasteiger partial charge in [0.15, 0.2) is 18.4 Å². The molecule has 1 amide bonds. The van der Waals surface area contributed by atoms with Gasteiger partial charge in [-0.05, 0) is 62.8 Å². The smallest absolute Gasteiger partial charge is 0.316 e. The van der Waals surface area contributed by atoms with Crippen molar-refractivity contribution >= 4 is 17.6 Å². The predicted octanol–water partition coefficient (Wildman–Crippen LogP) is 5.99. The first-order valence-electron chi connectivity index (χ1n) is 23.9. The van der Waals surface area contributed by atoms with Crippen LogP contribution in [0.5, 0.6) is 0 Å². The Morgan fingerprint density at radius 1 is 0.970 bits per heavy atom. The van der Waals surface area contributed by atoms with Crippen molar-refractivity contribution in [2.24, 2.45) is 28.8 Å². The van der Waals surface area contributed by atoms with Crippen molar-refractivity contribution in [1.82, 2.24) is 5.32 Å². The molecule has 0 aromatic rings. The SMILES string of the molecule is CC[C@H](C)[C@H]1O[C@]2(C=C[C@@H]1C)C[C@@H]1C[C@@H](C/C=C(/C)[C@@H](O[C@H]3C[C@H](OC)[C@@H](O[C@H]4C[C@H](OC)[C@H](NC(C)=O)[C@H](C)O4)[C@H](C)O3)[C@@H](C)/C=C\C=C3CO[C@@H]4/C(=N/O)C(C)=C[C@@H](C(=O)O1)[C@]34O)O2. The Hall–Kier alpha value is -3.29. The van der Waals surface area contributed by atoms with E-state index >= 15 is 0 Å². The summed E-state index contributed by atoms with van der Waals surface area (Å²) >= 11 is 0. The number of nitrogens with zero attached hydrogens (tertiary/aromatic N) is 1. The van der Waals surface area contributed by atoms with Gasteiger partial charge in [0.2, 0.25) is 5.91 Å². The maximum absolute atomic E-state index is 14.4. The molecule has 1 aliphatic carbocycles. The maximum atomic E-state index is 14.4. The van der Waals surface area contributed by atoms with Gasteiger partial charge in [-0.15, -0.1) is 0 Å². The third-order valence-corrected chi connectivity index (χ3v) is 14.9. The minimum Gasteiger partial charge on any atom is -0.462 e. The Morgan fingerprint density at radius 2 is 1.68 bits per heavy atom. The number of esters is 1. The summed E-state index contributed by atoms with van der Waals surface area (Å²) in [7, 11) is 3.26. The van der Waals surface area contributed by atoms with Crippen LogP contribution < -0.4 is 5.32 Å². The molecule has 0 radical (unpaired) electrons. The van der Waals surface area contributed by atoms with E-state index < -0.39 is 78.6 Å². The lowest BCUT2D eigenvalue weighted by Gasteiger charge is -2.48. The number of oxime groups is 1. The molecule has 4 saturated heterocycles. The summed E-state index contributed by atoms with van der Waals surface area (Å²) in [6.07, 6.45) is 10.3. The molecule has 0 aromatic carbocycles. The third kappa shape index (κ3) is 10.5. The quantitative estimate of drug-likeness (QED) is 0.106. The summed E-state index contributed by atoms with van der Waals surface area (Å²) in [4.78, 5) is 26.4. The molecule has 368 valence electrons. The van der Waals surface area contributed by atoms with Crippen molar-refractivity contribution in [3.63, 3.8) is 0 Å². The van der Waals surface area contributed by atoms with Gasteiger partial charge in [0.25, 0.3) is 0 Å². The normalized spacial score (nSPS) is 45.5. The van der Waals surface area contributed by atoms with Crippen LogP contribution in [0.2, 0.25) is 0 Å². The highest BCUT2D eigenvalue weighted by atomic mass is 16.7. The van der Waals surface area contributed by atoms with Crippen LogP contribution in [0.1, 0.15) is 101 Å². The number of methoxy groups -OCH3 is 2. The van der Waals surface area contributed by atoms with Crippen molar-refractivity contribution in [3.05, 3.63) is 59.3 Å². The first-order valence-corrected chi connectivity index (χ1v) is 23.9. The Labute approximate surface area is 390 Å². The summed E-state index contributed by atoms with van der Waals surface area (Å²) in [6, 6.07) is -0.319. The van der Waals surface area contributed by atoms with Gasteiger partial charge in [-0.25, -0.2) is 0 Å². The Balaban J connectivity index is 1.17. The van der Waals surface area contributed by atoms with Crippen LogP contribution in [-0.4, -0.2) is 140 Å². The monoisotopic (exact) mass is 927 g/mol. The van der Waals surface area contributed by atoms with Gasteiger partial charge in [-0.2, -0.15) is 0 Å². The zero-order chi connectivity index (χ0) is 47.7. The zero-order valence-corrected chi connectivity index (χ0v) is 40.5. The van der Waals surface area contributed by atoms with Crippen molar-refractivity contribution in [1.29, 1.82) is 0 Å². The van der Waals surface area contributed by atoms with E-state index in [0.29, 0.717) is 36.8 Å². The molecule has 7 rings (SSSR count). The number of ether oxygens (including phenoxy) is 10. The topological polar surface area (TPSA) is 191 Å². The van der Waals surface area contributed by atoms with Gasteiger partial charge in [0, 0.05) is 58.7 Å². The van der Waals surface area contributed by atoms with E-state index in [0.717, 1.165) is 12.0 Å². The summed E-state index contributed by atoms with van der Waals surface area (Å²) in [6.45, 7) is 17.6. The van der Waals surface area contributed by atoms with Crippen LogP contribution in [0.4, 0.5) is 0 Å². The molecule has 1 spiro atoms. The molecule has 6 heterocycles. The van der Waals surface area contributed by atoms with E-state index in [-0.39, 0.29) is 66.8 Å². The van der Waals surface area contributed by atoms with Crippen LogP contribution in [0, 0.1) is 23.7 Å². The highest BCUT2D eigenvalue weighted by Gasteiger charge is 2.60. The lowest BCUT2D eigenvalue weighted by Crippen LogP contribution is -2.58. The predicted molar refractivity (Wildman–Crippen MR) is 242 cm³/mol. The number of rotatable bonds is 9.